The number of carbonyl (C=O) groups is 2. The zero-order valence-electron chi connectivity index (χ0n) is 21.3. The molecule has 1 atom stereocenters. The Labute approximate surface area is 217 Å². The lowest BCUT2D eigenvalue weighted by Crippen LogP contribution is -2.39. The summed E-state index contributed by atoms with van der Waals surface area (Å²) in [6.45, 7) is -0.341. The smallest absolute Gasteiger partial charge is 0.416 e. The van der Waals surface area contributed by atoms with Gasteiger partial charge in [-0.2, -0.15) is 18.3 Å². The van der Waals surface area contributed by atoms with Crippen LogP contribution in [0.3, 0.4) is 0 Å². The number of hydrazone groups is 1. The minimum Gasteiger partial charge on any atom is -0.497 e. The highest BCUT2D eigenvalue weighted by molar-refractivity contribution is 6.03. The fraction of sp³-hybridized carbons (Fsp3) is 0.296. The Morgan fingerprint density at radius 2 is 1.79 bits per heavy atom. The molecular formula is C27H27F3N4O4. The van der Waals surface area contributed by atoms with Crippen LogP contribution < -0.4 is 9.47 Å². The number of rotatable bonds is 7. The summed E-state index contributed by atoms with van der Waals surface area (Å²) in [7, 11) is 6.36. The summed E-state index contributed by atoms with van der Waals surface area (Å²) in [4.78, 5) is 27.6. The van der Waals surface area contributed by atoms with Crippen LogP contribution in [-0.4, -0.2) is 59.8 Å². The molecule has 4 rings (SSSR count). The molecule has 2 aromatic carbocycles. The summed E-state index contributed by atoms with van der Waals surface area (Å²) in [6.07, 6.45) is -2.24. The molecule has 0 aliphatic carbocycles. The highest BCUT2D eigenvalue weighted by atomic mass is 19.4. The highest BCUT2D eigenvalue weighted by Gasteiger charge is 2.36. The Bertz CT molecular complexity index is 1370. The van der Waals surface area contributed by atoms with Gasteiger partial charge in [0, 0.05) is 37.8 Å². The summed E-state index contributed by atoms with van der Waals surface area (Å²) in [5.41, 5.74) is 1.37. The first-order chi connectivity index (χ1) is 18.0. The number of ether oxygens (including phenoxy) is 2. The minimum absolute atomic E-state index is 0.0359. The van der Waals surface area contributed by atoms with Gasteiger partial charge in [-0.1, -0.05) is 0 Å². The zero-order valence-corrected chi connectivity index (χ0v) is 21.3. The van der Waals surface area contributed by atoms with E-state index in [1.165, 1.54) is 26.3 Å². The minimum atomic E-state index is -4.51. The number of carbonyl (C=O) groups excluding carboxylic acids is 2. The molecule has 0 radical (unpaired) electrons. The molecule has 38 heavy (non-hydrogen) atoms. The Kier molecular flexibility index (Phi) is 7.47. The molecule has 0 saturated carbocycles. The van der Waals surface area contributed by atoms with Crippen LogP contribution in [0, 0.1) is 0 Å². The molecule has 11 heteroatoms. The number of nitrogens with zero attached hydrogens (tertiary/aromatic N) is 4. The Hall–Kier alpha value is -4.28. The average Bonchev–Trinajstić information content (AvgIpc) is 3.53. The lowest BCUT2D eigenvalue weighted by atomic mass is 9.99. The van der Waals surface area contributed by atoms with Crippen LogP contribution in [0.2, 0.25) is 0 Å². The van der Waals surface area contributed by atoms with Gasteiger partial charge in [-0.05, 0) is 54.6 Å². The third kappa shape index (κ3) is 5.36. The second-order valence-electron chi connectivity index (χ2n) is 8.85. The first-order valence-corrected chi connectivity index (χ1v) is 11.7. The number of amides is 2. The first-order valence-electron chi connectivity index (χ1n) is 11.7. The van der Waals surface area contributed by atoms with E-state index in [0.717, 1.165) is 34.9 Å². The van der Waals surface area contributed by atoms with Crippen LogP contribution >= 0.6 is 0 Å². The molecule has 3 aromatic rings. The first kappa shape index (κ1) is 26.8. The van der Waals surface area contributed by atoms with Gasteiger partial charge < -0.3 is 18.9 Å². The van der Waals surface area contributed by atoms with Gasteiger partial charge in [0.05, 0.1) is 37.2 Å². The highest BCUT2D eigenvalue weighted by Crippen LogP contribution is 2.39. The number of likely N-dealkylation sites (N-methyl/N-ethyl adjacent to an activating group) is 1. The molecule has 200 valence electrons. The van der Waals surface area contributed by atoms with E-state index in [-0.39, 0.29) is 12.1 Å². The zero-order chi connectivity index (χ0) is 27.6. The van der Waals surface area contributed by atoms with Crippen LogP contribution in [-0.2, 0) is 18.0 Å². The average molecular weight is 529 g/mol. The number of alkyl halides is 3. The van der Waals surface area contributed by atoms with Gasteiger partial charge in [-0.3, -0.25) is 9.59 Å². The number of benzene rings is 2. The van der Waals surface area contributed by atoms with E-state index in [0.29, 0.717) is 29.2 Å². The van der Waals surface area contributed by atoms with Crippen molar-refractivity contribution in [3.63, 3.8) is 0 Å². The Balaban J connectivity index is 1.61. The van der Waals surface area contributed by atoms with Gasteiger partial charge in [-0.25, -0.2) is 5.01 Å². The van der Waals surface area contributed by atoms with Gasteiger partial charge in [0.1, 0.15) is 18.0 Å². The van der Waals surface area contributed by atoms with Crippen LogP contribution in [0.4, 0.5) is 13.2 Å². The molecule has 2 heterocycles. The third-order valence-corrected chi connectivity index (χ3v) is 6.38. The second kappa shape index (κ2) is 10.6. The van der Waals surface area contributed by atoms with Crippen molar-refractivity contribution >= 4 is 17.5 Å². The molecule has 1 aliphatic rings. The standard InChI is InChI=1S/C27H27F3N4O4/c1-32-13-5-6-22(32)21-15-23(20-14-19(37-3)11-12-24(20)38-4)34(31-21)25(35)16-33(2)26(36)17-7-9-18(10-8-17)27(28,29)30/h5-14,23H,15-16H2,1-4H3/t23-/m0/s1. The van der Waals surface area contributed by atoms with Crippen LogP contribution in [0.1, 0.15) is 39.6 Å². The molecule has 1 aliphatic heterocycles. The molecule has 0 fully saturated rings. The molecule has 0 saturated heterocycles. The molecule has 0 spiro atoms. The maximum absolute atomic E-state index is 13.5. The number of hydrogen-bond acceptors (Lipinski definition) is 5. The molecule has 8 nitrogen and oxygen atoms in total. The molecule has 2 amide bonds. The van der Waals surface area contributed by atoms with E-state index in [4.69, 9.17) is 9.47 Å². The SMILES string of the molecule is COc1ccc(OC)c([C@@H]2CC(c3cccn3C)=NN2C(=O)CN(C)C(=O)c2ccc(C(F)(F)F)cc2)c1. The Morgan fingerprint density at radius 1 is 1.08 bits per heavy atom. The van der Waals surface area contributed by atoms with Crippen molar-refractivity contribution in [1.82, 2.24) is 14.5 Å². The van der Waals surface area contributed by atoms with Crippen molar-refractivity contribution < 1.29 is 32.2 Å². The number of halogens is 3. The van der Waals surface area contributed by atoms with Crippen molar-refractivity contribution in [2.75, 3.05) is 27.8 Å². The van der Waals surface area contributed by atoms with E-state index in [1.807, 2.05) is 29.9 Å². The van der Waals surface area contributed by atoms with Gasteiger partial charge in [0.2, 0.25) is 0 Å². The predicted molar refractivity (Wildman–Crippen MR) is 134 cm³/mol. The van der Waals surface area contributed by atoms with Crippen LogP contribution in [0.25, 0.3) is 0 Å². The van der Waals surface area contributed by atoms with E-state index in [2.05, 4.69) is 5.10 Å². The van der Waals surface area contributed by atoms with E-state index in [9.17, 15) is 22.8 Å². The van der Waals surface area contributed by atoms with Crippen molar-refractivity contribution in [3.05, 3.63) is 83.2 Å². The molecule has 0 bridgehead atoms. The summed E-state index contributed by atoms with van der Waals surface area (Å²) >= 11 is 0. The van der Waals surface area contributed by atoms with Gasteiger partial charge in [-0.15, -0.1) is 0 Å². The molecular weight excluding hydrogens is 501 g/mol. The van der Waals surface area contributed by atoms with Gasteiger partial charge in [0.15, 0.2) is 0 Å². The monoisotopic (exact) mass is 528 g/mol. The molecule has 0 unspecified atom stereocenters. The fourth-order valence-electron chi connectivity index (χ4n) is 4.37. The van der Waals surface area contributed by atoms with Crippen molar-refractivity contribution in [1.29, 1.82) is 0 Å². The van der Waals surface area contributed by atoms with Crippen LogP contribution in [0.15, 0.2) is 65.9 Å². The molecule has 1 aromatic heterocycles. The maximum Gasteiger partial charge on any atom is 0.416 e. The van der Waals surface area contributed by atoms with Crippen molar-refractivity contribution in [2.24, 2.45) is 12.1 Å². The summed E-state index contributed by atoms with van der Waals surface area (Å²) < 4.78 is 51.5. The summed E-state index contributed by atoms with van der Waals surface area (Å²) in [5.74, 6) is 0.0708. The quantitative estimate of drug-likeness (QED) is 0.452. The fourth-order valence-corrected chi connectivity index (χ4v) is 4.37. The number of aromatic nitrogens is 1. The normalized spacial score (nSPS) is 15.3. The van der Waals surface area contributed by atoms with Crippen molar-refractivity contribution in [2.45, 2.75) is 18.6 Å². The topological polar surface area (TPSA) is 76.4 Å². The van der Waals surface area contributed by atoms with Gasteiger partial charge in [0.25, 0.3) is 11.8 Å². The lowest BCUT2D eigenvalue weighted by molar-refractivity contribution is -0.137. The number of aryl methyl sites for hydroxylation is 1. The molecule has 0 N–H and O–H groups in total. The van der Waals surface area contributed by atoms with E-state index in [1.54, 1.807) is 18.2 Å². The number of methoxy groups -OCH3 is 2. The predicted octanol–water partition coefficient (Wildman–Crippen LogP) is 4.51. The van der Waals surface area contributed by atoms with E-state index < -0.39 is 29.6 Å². The second-order valence-corrected chi connectivity index (χ2v) is 8.85. The summed E-state index contributed by atoms with van der Waals surface area (Å²) in [6, 6.07) is 12.4. The Morgan fingerprint density at radius 3 is 2.37 bits per heavy atom. The van der Waals surface area contributed by atoms with E-state index >= 15 is 0 Å². The third-order valence-electron chi connectivity index (χ3n) is 6.38. The summed E-state index contributed by atoms with van der Waals surface area (Å²) in [5, 5.41) is 5.95. The maximum atomic E-state index is 13.5. The number of hydrogen-bond donors (Lipinski definition) is 0. The van der Waals surface area contributed by atoms with Gasteiger partial charge >= 0.3 is 6.18 Å². The van der Waals surface area contributed by atoms with Crippen LogP contribution in [0.5, 0.6) is 11.5 Å². The lowest BCUT2D eigenvalue weighted by Gasteiger charge is -2.26. The largest absolute Gasteiger partial charge is 0.497 e. The van der Waals surface area contributed by atoms with Crippen molar-refractivity contribution in [3.8, 4) is 11.5 Å².